The summed E-state index contributed by atoms with van der Waals surface area (Å²) in [6, 6.07) is 11.5. The standard InChI is InChI=1S/C18H18N4O4/c1-11(19-21-17(25)13-3-7-15(23)8-4-13)12(2)20-22-18(26)14-5-9-16(24)10-6-14/h3-10,23-24H,1-2H3,(H,21,25)(H,22,26)/b19-11+,20-12+. The van der Waals surface area contributed by atoms with E-state index in [2.05, 4.69) is 21.1 Å². The molecule has 8 nitrogen and oxygen atoms in total. The number of hydrazone groups is 2. The van der Waals surface area contributed by atoms with E-state index >= 15 is 0 Å². The first-order valence-corrected chi connectivity index (χ1v) is 7.64. The van der Waals surface area contributed by atoms with Crippen LogP contribution in [0.5, 0.6) is 11.5 Å². The third-order valence-electron chi connectivity index (χ3n) is 3.43. The maximum Gasteiger partial charge on any atom is 0.271 e. The quantitative estimate of drug-likeness (QED) is 0.484. The van der Waals surface area contributed by atoms with Gasteiger partial charge in [-0.1, -0.05) is 0 Å². The van der Waals surface area contributed by atoms with Crippen LogP contribution in [0.4, 0.5) is 0 Å². The third kappa shape index (κ3) is 5.17. The summed E-state index contributed by atoms with van der Waals surface area (Å²) in [5.41, 5.74) is 6.24. The first-order valence-electron chi connectivity index (χ1n) is 7.64. The van der Waals surface area contributed by atoms with E-state index in [1.54, 1.807) is 13.8 Å². The van der Waals surface area contributed by atoms with Crippen molar-refractivity contribution in [2.75, 3.05) is 0 Å². The van der Waals surface area contributed by atoms with E-state index in [9.17, 15) is 19.8 Å². The fourth-order valence-electron chi connectivity index (χ4n) is 1.79. The number of carbonyl (C=O) groups is 2. The van der Waals surface area contributed by atoms with Crippen LogP contribution in [0.3, 0.4) is 0 Å². The Labute approximate surface area is 149 Å². The monoisotopic (exact) mass is 354 g/mol. The average molecular weight is 354 g/mol. The van der Waals surface area contributed by atoms with Crippen LogP contribution in [0.1, 0.15) is 34.6 Å². The molecule has 0 aliphatic heterocycles. The molecule has 0 bridgehead atoms. The van der Waals surface area contributed by atoms with Crippen LogP contribution in [-0.2, 0) is 0 Å². The number of phenolic OH excluding ortho intramolecular Hbond substituents is 2. The summed E-state index contributed by atoms with van der Waals surface area (Å²) in [5.74, 6) is -0.752. The van der Waals surface area contributed by atoms with Gasteiger partial charge in [-0.2, -0.15) is 10.2 Å². The van der Waals surface area contributed by atoms with Gasteiger partial charge in [-0.3, -0.25) is 9.59 Å². The van der Waals surface area contributed by atoms with Gasteiger partial charge in [0.1, 0.15) is 11.5 Å². The highest BCUT2D eigenvalue weighted by Crippen LogP contribution is 2.10. The second-order valence-electron chi connectivity index (χ2n) is 5.37. The molecule has 0 aromatic heterocycles. The maximum atomic E-state index is 11.9. The highest BCUT2D eigenvalue weighted by molar-refractivity contribution is 6.40. The molecule has 0 heterocycles. The summed E-state index contributed by atoms with van der Waals surface area (Å²) in [5, 5.41) is 26.3. The van der Waals surface area contributed by atoms with E-state index in [1.807, 2.05) is 0 Å². The predicted octanol–water partition coefficient (Wildman–Crippen LogP) is 2.01. The molecule has 8 heteroatoms. The Kier molecular flexibility index (Phi) is 6.05. The Hall–Kier alpha value is -3.68. The smallest absolute Gasteiger partial charge is 0.271 e. The number of nitrogens with zero attached hydrogens (tertiary/aromatic N) is 2. The number of hydrogen-bond acceptors (Lipinski definition) is 6. The SMILES string of the molecule is CC(=N\NC(=O)c1ccc(O)cc1)/C(C)=N/NC(=O)c1ccc(O)cc1. The van der Waals surface area contributed by atoms with E-state index in [4.69, 9.17) is 0 Å². The Morgan fingerprint density at radius 1 is 0.692 bits per heavy atom. The molecule has 0 radical (unpaired) electrons. The van der Waals surface area contributed by atoms with Gasteiger partial charge in [-0.15, -0.1) is 0 Å². The summed E-state index contributed by atoms with van der Waals surface area (Å²) >= 11 is 0. The van der Waals surface area contributed by atoms with Crippen LogP contribution in [0, 0.1) is 0 Å². The number of carbonyl (C=O) groups excluding carboxylic acids is 2. The number of phenols is 2. The van der Waals surface area contributed by atoms with Crippen molar-refractivity contribution in [2.24, 2.45) is 10.2 Å². The van der Waals surface area contributed by atoms with Crippen molar-refractivity contribution in [3.8, 4) is 11.5 Å². The van der Waals surface area contributed by atoms with Crippen molar-refractivity contribution in [2.45, 2.75) is 13.8 Å². The Bertz CT molecular complexity index is 782. The van der Waals surface area contributed by atoms with Crippen molar-refractivity contribution in [1.82, 2.24) is 10.9 Å². The minimum atomic E-state index is -0.440. The van der Waals surface area contributed by atoms with Gasteiger partial charge in [0, 0.05) is 11.1 Å². The highest BCUT2D eigenvalue weighted by Gasteiger charge is 2.07. The molecule has 2 aromatic rings. The largest absolute Gasteiger partial charge is 0.508 e. The zero-order valence-electron chi connectivity index (χ0n) is 14.2. The number of aromatic hydroxyl groups is 2. The van der Waals surface area contributed by atoms with Gasteiger partial charge in [-0.25, -0.2) is 10.9 Å². The van der Waals surface area contributed by atoms with Crippen LogP contribution >= 0.6 is 0 Å². The third-order valence-corrected chi connectivity index (χ3v) is 3.43. The summed E-state index contributed by atoms with van der Waals surface area (Å²) in [6.07, 6.45) is 0. The number of rotatable bonds is 5. The maximum absolute atomic E-state index is 11.9. The fourth-order valence-corrected chi connectivity index (χ4v) is 1.79. The number of nitrogens with one attached hydrogen (secondary N) is 2. The van der Waals surface area contributed by atoms with Crippen LogP contribution in [0.25, 0.3) is 0 Å². The number of amides is 2. The second-order valence-corrected chi connectivity index (χ2v) is 5.37. The summed E-state index contributed by atoms with van der Waals surface area (Å²) in [4.78, 5) is 23.9. The summed E-state index contributed by atoms with van der Waals surface area (Å²) in [6.45, 7) is 3.26. The van der Waals surface area contributed by atoms with Gasteiger partial charge < -0.3 is 10.2 Å². The molecule has 26 heavy (non-hydrogen) atoms. The van der Waals surface area contributed by atoms with Crippen molar-refractivity contribution in [3.63, 3.8) is 0 Å². The Morgan fingerprint density at radius 2 is 1.00 bits per heavy atom. The van der Waals surface area contributed by atoms with Gasteiger partial charge in [0.05, 0.1) is 11.4 Å². The summed E-state index contributed by atoms with van der Waals surface area (Å²) in [7, 11) is 0. The molecule has 0 spiro atoms. The lowest BCUT2D eigenvalue weighted by atomic mass is 10.2. The normalized spacial score (nSPS) is 11.8. The van der Waals surface area contributed by atoms with Gasteiger partial charge in [0.25, 0.3) is 11.8 Å². The molecule has 2 aromatic carbocycles. The second kappa shape index (κ2) is 8.43. The Balaban J connectivity index is 1.95. The lowest BCUT2D eigenvalue weighted by Crippen LogP contribution is -2.24. The molecule has 0 unspecified atom stereocenters. The van der Waals surface area contributed by atoms with Gasteiger partial charge in [-0.05, 0) is 62.4 Å². The minimum Gasteiger partial charge on any atom is -0.508 e. The van der Waals surface area contributed by atoms with Crippen LogP contribution < -0.4 is 10.9 Å². The topological polar surface area (TPSA) is 123 Å². The summed E-state index contributed by atoms with van der Waals surface area (Å²) < 4.78 is 0. The first-order chi connectivity index (χ1) is 12.4. The molecule has 2 amide bonds. The lowest BCUT2D eigenvalue weighted by Gasteiger charge is -2.04. The molecule has 0 aliphatic rings. The molecule has 0 saturated heterocycles. The first kappa shape index (κ1) is 18.7. The van der Waals surface area contributed by atoms with Crippen LogP contribution in [-0.4, -0.2) is 33.5 Å². The van der Waals surface area contributed by atoms with Gasteiger partial charge >= 0.3 is 0 Å². The van der Waals surface area contributed by atoms with Crippen molar-refractivity contribution < 1.29 is 19.8 Å². The van der Waals surface area contributed by atoms with E-state index < -0.39 is 11.8 Å². The van der Waals surface area contributed by atoms with E-state index in [1.165, 1.54) is 48.5 Å². The zero-order valence-corrected chi connectivity index (χ0v) is 14.2. The van der Waals surface area contributed by atoms with E-state index in [0.29, 0.717) is 22.6 Å². The molecule has 0 aliphatic carbocycles. The number of benzene rings is 2. The van der Waals surface area contributed by atoms with E-state index in [-0.39, 0.29) is 11.5 Å². The van der Waals surface area contributed by atoms with Crippen molar-refractivity contribution >= 4 is 23.2 Å². The zero-order chi connectivity index (χ0) is 19.1. The predicted molar refractivity (Wildman–Crippen MR) is 97.4 cm³/mol. The van der Waals surface area contributed by atoms with Gasteiger partial charge in [0.2, 0.25) is 0 Å². The molecule has 0 saturated carbocycles. The molecule has 0 atom stereocenters. The van der Waals surface area contributed by atoms with E-state index in [0.717, 1.165) is 0 Å². The lowest BCUT2D eigenvalue weighted by molar-refractivity contribution is 0.0946. The van der Waals surface area contributed by atoms with Crippen LogP contribution in [0.2, 0.25) is 0 Å². The van der Waals surface area contributed by atoms with Crippen molar-refractivity contribution in [1.29, 1.82) is 0 Å². The molecule has 4 N–H and O–H groups in total. The molecule has 2 rings (SSSR count). The molecule has 0 fully saturated rings. The fraction of sp³-hybridized carbons (Fsp3) is 0.111. The number of hydrogen-bond donors (Lipinski definition) is 4. The van der Waals surface area contributed by atoms with Gasteiger partial charge in [0.15, 0.2) is 0 Å². The Morgan fingerprint density at radius 3 is 1.31 bits per heavy atom. The highest BCUT2D eigenvalue weighted by atomic mass is 16.3. The minimum absolute atomic E-state index is 0.0635. The van der Waals surface area contributed by atoms with Crippen molar-refractivity contribution in [3.05, 3.63) is 59.7 Å². The molecule has 134 valence electrons. The van der Waals surface area contributed by atoms with Crippen LogP contribution in [0.15, 0.2) is 58.7 Å². The average Bonchev–Trinajstić information content (AvgIpc) is 2.64. The molecular weight excluding hydrogens is 336 g/mol. The molecular formula is C18H18N4O4.